The van der Waals surface area contributed by atoms with Gasteiger partial charge in [-0.15, -0.1) is 0 Å². The fourth-order valence-electron chi connectivity index (χ4n) is 3.65. The number of hydrogen-bond donors (Lipinski definition) is 1. The summed E-state index contributed by atoms with van der Waals surface area (Å²) in [5, 5.41) is 2.83. The van der Waals surface area contributed by atoms with E-state index in [2.05, 4.69) is 15.2 Å². The van der Waals surface area contributed by atoms with Gasteiger partial charge in [-0.25, -0.2) is 9.37 Å². The molecule has 1 fully saturated rings. The number of ether oxygens (including phenoxy) is 2. The van der Waals surface area contributed by atoms with Crippen LogP contribution < -0.4 is 10.1 Å². The fraction of sp³-hybridized carbons (Fsp3) is 0.308. The zero-order valence-electron chi connectivity index (χ0n) is 18.5. The molecule has 1 aliphatic heterocycles. The predicted molar refractivity (Wildman–Crippen MR) is 124 cm³/mol. The Bertz CT molecular complexity index is 1040. The van der Waals surface area contributed by atoms with Gasteiger partial charge in [0, 0.05) is 44.0 Å². The smallest absolute Gasteiger partial charge is 0.224 e. The number of rotatable bonds is 9. The van der Waals surface area contributed by atoms with Gasteiger partial charge in [-0.1, -0.05) is 36.4 Å². The van der Waals surface area contributed by atoms with Crippen molar-refractivity contribution >= 4 is 5.91 Å². The van der Waals surface area contributed by atoms with Crippen LogP contribution in [0, 0.1) is 5.82 Å². The van der Waals surface area contributed by atoms with Gasteiger partial charge in [-0.05, 0) is 34.9 Å². The van der Waals surface area contributed by atoms with Crippen LogP contribution in [-0.4, -0.2) is 55.2 Å². The minimum atomic E-state index is -0.306. The quantitative estimate of drug-likeness (QED) is 0.542. The average Bonchev–Trinajstić information content (AvgIpc) is 2.85. The van der Waals surface area contributed by atoms with E-state index in [1.54, 1.807) is 18.3 Å². The van der Waals surface area contributed by atoms with Gasteiger partial charge in [-0.3, -0.25) is 9.69 Å². The number of pyridine rings is 1. The molecule has 0 atom stereocenters. The lowest BCUT2D eigenvalue weighted by atomic mass is 10.0. The van der Waals surface area contributed by atoms with Crippen LogP contribution in [-0.2, 0) is 22.5 Å². The second-order valence-corrected chi connectivity index (χ2v) is 7.97. The summed E-state index contributed by atoms with van der Waals surface area (Å²) in [5.74, 6) is 0.199. The summed E-state index contributed by atoms with van der Waals surface area (Å²) in [6.45, 7) is 5.23. The molecule has 1 N–H and O–H groups in total. The molecule has 6 nitrogen and oxygen atoms in total. The van der Waals surface area contributed by atoms with E-state index >= 15 is 0 Å². The number of halogens is 1. The standard InChI is InChI=1S/C26H28FN3O3/c27-24-3-1-2-21(16-24)18-28-25(31)17-20-4-6-22(7-5-20)23-8-9-26(29-19-23)33-15-12-30-10-13-32-14-11-30/h1-9,16,19H,10-15,17-18H2,(H,28,31). The Morgan fingerprint density at radius 3 is 2.55 bits per heavy atom. The van der Waals surface area contributed by atoms with E-state index in [1.165, 1.54) is 12.1 Å². The molecule has 0 unspecified atom stereocenters. The molecule has 172 valence electrons. The van der Waals surface area contributed by atoms with E-state index in [-0.39, 0.29) is 18.1 Å². The fourth-order valence-corrected chi connectivity index (χ4v) is 3.65. The Morgan fingerprint density at radius 2 is 1.82 bits per heavy atom. The molecule has 7 heteroatoms. The molecule has 1 saturated heterocycles. The molecule has 4 rings (SSSR count). The summed E-state index contributed by atoms with van der Waals surface area (Å²) in [6.07, 6.45) is 2.06. The van der Waals surface area contributed by atoms with Crippen LogP contribution in [0.2, 0.25) is 0 Å². The van der Waals surface area contributed by atoms with Crippen LogP contribution in [0.1, 0.15) is 11.1 Å². The molecule has 0 radical (unpaired) electrons. The second-order valence-electron chi connectivity index (χ2n) is 7.97. The number of nitrogens with zero attached hydrogens (tertiary/aromatic N) is 2. The van der Waals surface area contributed by atoms with Crippen LogP contribution in [0.5, 0.6) is 5.88 Å². The van der Waals surface area contributed by atoms with Crippen LogP contribution in [0.3, 0.4) is 0 Å². The molecule has 0 aliphatic carbocycles. The van der Waals surface area contributed by atoms with Crippen molar-refractivity contribution in [3.8, 4) is 17.0 Å². The highest BCUT2D eigenvalue weighted by molar-refractivity contribution is 5.78. The topological polar surface area (TPSA) is 63.7 Å². The Labute approximate surface area is 193 Å². The third-order valence-corrected chi connectivity index (χ3v) is 5.53. The number of benzene rings is 2. The number of amides is 1. The first-order valence-corrected chi connectivity index (χ1v) is 11.2. The summed E-state index contributed by atoms with van der Waals surface area (Å²) in [7, 11) is 0. The van der Waals surface area contributed by atoms with Gasteiger partial charge in [0.2, 0.25) is 11.8 Å². The highest BCUT2D eigenvalue weighted by atomic mass is 19.1. The number of carbonyl (C=O) groups excluding carboxylic acids is 1. The first-order chi connectivity index (χ1) is 16.2. The van der Waals surface area contributed by atoms with Gasteiger partial charge in [-0.2, -0.15) is 0 Å². The zero-order valence-corrected chi connectivity index (χ0v) is 18.5. The molecule has 2 heterocycles. The van der Waals surface area contributed by atoms with Crippen LogP contribution in [0.15, 0.2) is 66.9 Å². The molecule has 1 aliphatic rings. The first-order valence-electron chi connectivity index (χ1n) is 11.2. The van der Waals surface area contributed by atoms with E-state index < -0.39 is 0 Å². The van der Waals surface area contributed by atoms with Crippen molar-refractivity contribution in [2.45, 2.75) is 13.0 Å². The van der Waals surface area contributed by atoms with Gasteiger partial charge in [0.15, 0.2) is 0 Å². The molecular weight excluding hydrogens is 421 g/mol. The summed E-state index contributed by atoms with van der Waals surface area (Å²) >= 11 is 0. The maximum Gasteiger partial charge on any atom is 0.224 e. The second kappa shape index (κ2) is 11.5. The SMILES string of the molecule is O=C(Cc1ccc(-c2ccc(OCCN3CCOCC3)nc2)cc1)NCc1cccc(F)c1. The van der Waals surface area contributed by atoms with Crippen LogP contribution in [0.25, 0.3) is 11.1 Å². The summed E-state index contributed by atoms with van der Waals surface area (Å²) in [4.78, 5) is 18.9. The third kappa shape index (κ3) is 7.10. The predicted octanol–water partition coefficient (Wildman–Crippen LogP) is 3.46. The Hall–Kier alpha value is -3.29. The van der Waals surface area contributed by atoms with E-state index in [1.807, 2.05) is 36.4 Å². The molecule has 1 aromatic heterocycles. The van der Waals surface area contributed by atoms with Gasteiger partial charge in [0.05, 0.1) is 19.6 Å². The number of aromatic nitrogens is 1. The van der Waals surface area contributed by atoms with Crippen LogP contribution in [0.4, 0.5) is 4.39 Å². The van der Waals surface area contributed by atoms with E-state index in [4.69, 9.17) is 9.47 Å². The Balaban J connectivity index is 1.23. The molecule has 1 amide bonds. The monoisotopic (exact) mass is 449 g/mol. The van der Waals surface area contributed by atoms with Crippen molar-refractivity contribution in [1.82, 2.24) is 15.2 Å². The minimum absolute atomic E-state index is 0.104. The van der Waals surface area contributed by atoms with Crippen molar-refractivity contribution in [3.63, 3.8) is 0 Å². The Morgan fingerprint density at radius 1 is 1.03 bits per heavy atom. The lowest BCUT2D eigenvalue weighted by Crippen LogP contribution is -2.38. The highest BCUT2D eigenvalue weighted by Gasteiger charge is 2.10. The lowest BCUT2D eigenvalue weighted by Gasteiger charge is -2.26. The molecule has 0 bridgehead atoms. The third-order valence-electron chi connectivity index (χ3n) is 5.53. The number of hydrogen-bond acceptors (Lipinski definition) is 5. The van der Waals surface area contributed by atoms with Crippen molar-refractivity contribution in [2.75, 3.05) is 39.5 Å². The minimum Gasteiger partial charge on any atom is -0.476 e. The first kappa shape index (κ1) is 22.9. The zero-order chi connectivity index (χ0) is 22.9. The molecular formula is C26H28FN3O3. The van der Waals surface area contributed by atoms with Gasteiger partial charge in [0.25, 0.3) is 0 Å². The van der Waals surface area contributed by atoms with Gasteiger partial charge < -0.3 is 14.8 Å². The summed E-state index contributed by atoms with van der Waals surface area (Å²) in [5.41, 5.74) is 3.65. The average molecular weight is 450 g/mol. The van der Waals surface area contributed by atoms with Crippen molar-refractivity contribution in [3.05, 3.63) is 83.8 Å². The van der Waals surface area contributed by atoms with E-state index in [0.29, 0.717) is 19.0 Å². The van der Waals surface area contributed by atoms with Gasteiger partial charge >= 0.3 is 0 Å². The van der Waals surface area contributed by atoms with Crippen molar-refractivity contribution in [2.24, 2.45) is 0 Å². The number of morpholine rings is 1. The van der Waals surface area contributed by atoms with E-state index in [9.17, 15) is 9.18 Å². The largest absolute Gasteiger partial charge is 0.476 e. The van der Waals surface area contributed by atoms with E-state index in [0.717, 1.165) is 55.1 Å². The maximum atomic E-state index is 13.2. The normalized spacial score (nSPS) is 14.1. The van der Waals surface area contributed by atoms with Gasteiger partial charge in [0.1, 0.15) is 12.4 Å². The van der Waals surface area contributed by atoms with Crippen molar-refractivity contribution in [1.29, 1.82) is 0 Å². The number of nitrogens with one attached hydrogen (secondary N) is 1. The van der Waals surface area contributed by atoms with Crippen molar-refractivity contribution < 1.29 is 18.7 Å². The van der Waals surface area contributed by atoms with Crippen LogP contribution >= 0.6 is 0 Å². The molecule has 0 spiro atoms. The lowest BCUT2D eigenvalue weighted by molar-refractivity contribution is -0.120. The number of carbonyl (C=O) groups is 1. The summed E-state index contributed by atoms with van der Waals surface area (Å²) < 4.78 is 24.3. The summed E-state index contributed by atoms with van der Waals surface area (Å²) in [6, 6.07) is 17.9. The maximum absolute atomic E-state index is 13.2. The highest BCUT2D eigenvalue weighted by Crippen LogP contribution is 2.21. The molecule has 0 saturated carbocycles. The molecule has 3 aromatic rings. The molecule has 2 aromatic carbocycles. The molecule has 33 heavy (non-hydrogen) atoms. The Kier molecular flexibility index (Phi) is 8.00.